The summed E-state index contributed by atoms with van der Waals surface area (Å²) in [5.41, 5.74) is 5.20. The monoisotopic (exact) mass is 362 g/mol. The van der Waals surface area contributed by atoms with Crippen LogP contribution in [0.4, 0.5) is 5.95 Å². The molecule has 2 aromatic heterocycles. The van der Waals surface area contributed by atoms with Gasteiger partial charge in [0, 0.05) is 18.9 Å². The fourth-order valence-corrected chi connectivity index (χ4v) is 2.25. The summed E-state index contributed by atoms with van der Waals surface area (Å²) in [5.74, 6) is -0.0913. The molecule has 0 spiro atoms. The summed E-state index contributed by atoms with van der Waals surface area (Å²) in [4.78, 5) is 42.9. The SMILES string of the molecule is Nc1nc2c(ncn2CC(CO)NCP(=O)([O-])[O-])c(=O)[nH]1.[Na+].[Na+]. The van der Waals surface area contributed by atoms with E-state index in [0.717, 1.165) is 0 Å². The first-order valence-corrected chi connectivity index (χ1v) is 7.59. The molecule has 5 N–H and O–H groups in total. The Bertz CT molecular complexity index is 746. The molecule has 14 heteroatoms. The number of imidazole rings is 1. The number of aromatic amines is 1. The number of aromatic nitrogens is 4. The van der Waals surface area contributed by atoms with Gasteiger partial charge < -0.3 is 35.1 Å². The van der Waals surface area contributed by atoms with Gasteiger partial charge in [0.15, 0.2) is 11.2 Å². The molecule has 2 heterocycles. The van der Waals surface area contributed by atoms with Crippen LogP contribution in [0.5, 0.6) is 0 Å². The Kier molecular flexibility index (Phi) is 9.73. The van der Waals surface area contributed by atoms with Crippen molar-refractivity contribution in [3.8, 4) is 0 Å². The molecule has 0 fully saturated rings. The number of hydrogen-bond donors (Lipinski definition) is 4. The fourth-order valence-electron chi connectivity index (χ4n) is 1.77. The van der Waals surface area contributed by atoms with Crippen LogP contribution in [0.25, 0.3) is 11.2 Å². The van der Waals surface area contributed by atoms with Crippen molar-refractivity contribution in [2.75, 3.05) is 18.6 Å². The average molecular weight is 362 g/mol. The van der Waals surface area contributed by atoms with E-state index in [9.17, 15) is 24.3 Å². The van der Waals surface area contributed by atoms with Crippen molar-refractivity contribution in [3.05, 3.63) is 16.7 Å². The molecule has 0 saturated carbocycles. The smallest absolute Gasteiger partial charge is 0.810 e. The molecule has 0 amide bonds. The zero-order chi connectivity index (χ0) is 15.6. The predicted octanol–water partition coefficient (Wildman–Crippen LogP) is -9.47. The number of nitrogens with one attached hydrogen (secondary N) is 2. The number of rotatable bonds is 6. The Hall–Kier alpha value is 0.220. The van der Waals surface area contributed by atoms with Crippen molar-refractivity contribution in [1.29, 1.82) is 0 Å². The maximum Gasteiger partial charge on any atom is 1.00 e. The first kappa shape index (κ1) is 23.2. The summed E-state index contributed by atoms with van der Waals surface area (Å²) >= 11 is 0. The molecule has 0 aliphatic heterocycles. The molecule has 0 radical (unpaired) electrons. The van der Waals surface area contributed by atoms with Crippen molar-refractivity contribution < 1.29 is 78.6 Å². The van der Waals surface area contributed by atoms with Gasteiger partial charge in [-0.05, 0) is 0 Å². The van der Waals surface area contributed by atoms with E-state index in [1.165, 1.54) is 10.9 Å². The summed E-state index contributed by atoms with van der Waals surface area (Å²) in [7, 11) is -4.72. The fraction of sp³-hybridized carbons (Fsp3) is 0.444. The third kappa shape index (κ3) is 6.56. The minimum Gasteiger partial charge on any atom is -0.810 e. The molecule has 1 atom stereocenters. The summed E-state index contributed by atoms with van der Waals surface area (Å²) in [6.07, 6.45) is 0.520. The van der Waals surface area contributed by atoms with Crippen LogP contribution >= 0.6 is 7.60 Å². The summed E-state index contributed by atoms with van der Waals surface area (Å²) in [5, 5.41) is 11.6. The summed E-state index contributed by atoms with van der Waals surface area (Å²) in [6.45, 7) is -0.360. The van der Waals surface area contributed by atoms with Crippen LogP contribution in [-0.4, -0.2) is 43.6 Å². The van der Waals surface area contributed by atoms with Gasteiger partial charge in [0.05, 0.1) is 12.9 Å². The molecular formula is C9H13N6Na2O5P. The van der Waals surface area contributed by atoms with Crippen LogP contribution in [-0.2, 0) is 11.1 Å². The van der Waals surface area contributed by atoms with Gasteiger partial charge in [-0.2, -0.15) is 4.98 Å². The van der Waals surface area contributed by atoms with Gasteiger partial charge in [-0.15, -0.1) is 0 Å². The predicted molar refractivity (Wildman–Crippen MR) is 69.0 cm³/mol. The molecule has 2 rings (SSSR count). The van der Waals surface area contributed by atoms with Crippen LogP contribution in [0.15, 0.2) is 11.1 Å². The quantitative estimate of drug-likeness (QED) is 0.286. The van der Waals surface area contributed by atoms with Gasteiger partial charge in [-0.3, -0.25) is 9.78 Å². The van der Waals surface area contributed by atoms with Gasteiger partial charge in [0.2, 0.25) is 5.95 Å². The molecule has 0 aliphatic carbocycles. The van der Waals surface area contributed by atoms with Crippen LogP contribution in [0.2, 0.25) is 0 Å². The molecule has 1 unspecified atom stereocenters. The van der Waals surface area contributed by atoms with E-state index in [4.69, 9.17) is 5.73 Å². The van der Waals surface area contributed by atoms with Crippen LogP contribution in [0, 0.1) is 0 Å². The third-order valence-electron chi connectivity index (χ3n) is 2.70. The van der Waals surface area contributed by atoms with Crippen molar-refractivity contribution >= 4 is 24.7 Å². The molecule has 116 valence electrons. The number of H-pyrrole nitrogens is 1. The Balaban J connectivity index is 0.00000242. The Morgan fingerprint density at radius 2 is 2.13 bits per heavy atom. The van der Waals surface area contributed by atoms with Crippen molar-refractivity contribution in [2.45, 2.75) is 12.6 Å². The Morgan fingerprint density at radius 1 is 1.48 bits per heavy atom. The zero-order valence-electron chi connectivity index (χ0n) is 12.7. The number of anilines is 1. The second-order valence-corrected chi connectivity index (χ2v) is 5.91. The standard InChI is InChI=1S/C9H15N6O5P.2Na/c10-9-13-7-6(8(17)14-9)11-3-15(7)1-5(2-16)12-4-21(18,19)20;;/h3,5,12,16H,1-2,4H2,(H2,18,19,20)(H3,10,13,14,17);;/q;2*+1/p-2. The number of nitrogen functional groups attached to an aromatic ring is 1. The molecular weight excluding hydrogens is 349 g/mol. The molecule has 0 aromatic carbocycles. The number of nitrogens with two attached hydrogens (primary N) is 1. The number of aliphatic hydroxyl groups excluding tert-OH is 1. The zero-order valence-corrected chi connectivity index (χ0v) is 17.6. The number of fused-ring (bicyclic) bond motifs is 1. The molecule has 11 nitrogen and oxygen atoms in total. The minimum absolute atomic E-state index is 0. The van der Waals surface area contributed by atoms with E-state index in [-0.39, 0.29) is 82.8 Å². The molecule has 0 saturated heterocycles. The molecule has 0 aliphatic rings. The van der Waals surface area contributed by atoms with Gasteiger partial charge in [-0.25, -0.2) is 4.98 Å². The second kappa shape index (κ2) is 9.64. The summed E-state index contributed by atoms with van der Waals surface area (Å²) in [6, 6.07) is -0.721. The Morgan fingerprint density at radius 3 is 2.70 bits per heavy atom. The maximum atomic E-state index is 11.6. The van der Waals surface area contributed by atoms with Gasteiger partial charge in [0.1, 0.15) is 0 Å². The van der Waals surface area contributed by atoms with Crippen molar-refractivity contribution in [3.63, 3.8) is 0 Å². The largest absolute Gasteiger partial charge is 1.00 e. The number of aliphatic hydroxyl groups is 1. The second-order valence-electron chi connectivity index (χ2n) is 4.37. The van der Waals surface area contributed by atoms with E-state index in [1.807, 2.05) is 0 Å². The van der Waals surface area contributed by atoms with Crippen molar-refractivity contribution in [1.82, 2.24) is 24.8 Å². The van der Waals surface area contributed by atoms with E-state index in [2.05, 4.69) is 20.3 Å². The first-order valence-electron chi connectivity index (χ1n) is 5.86. The molecule has 23 heavy (non-hydrogen) atoms. The third-order valence-corrected chi connectivity index (χ3v) is 3.27. The topological polar surface area (TPSA) is 185 Å². The number of nitrogens with zero attached hydrogens (tertiary/aromatic N) is 3. The molecule has 2 aromatic rings. The van der Waals surface area contributed by atoms with Crippen LogP contribution in [0.3, 0.4) is 0 Å². The van der Waals surface area contributed by atoms with Gasteiger partial charge >= 0.3 is 59.1 Å². The maximum absolute atomic E-state index is 11.6. The van der Waals surface area contributed by atoms with Gasteiger partial charge in [0.25, 0.3) is 5.56 Å². The van der Waals surface area contributed by atoms with Crippen molar-refractivity contribution in [2.24, 2.45) is 0 Å². The van der Waals surface area contributed by atoms with Crippen LogP contribution in [0.1, 0.15) is 0 Å². The average Bonchev–Trinajstić information content (AvgIpc) is 2.76. The van der Waals surface area contributed by atoms with E-state index in [0.29, 0.717) is 0 Å². The van der Waals surface area contributed by atoms with E-state index < -0.39 is 32.1 Å². The molecule has 0 bridgehead atoms. The van der Waals surface area contributed by atoms with Crippen LogP contribution < -0.4 is 85.5 Å². The number of hydrogen-bond acceptors (Lipinski definition) is 9. The summed E-state index contributed by atoms with van der Waals surface area (Å²) < 4.78 is 12.0. The normalized spacial score (nSPS) is 12.5. The van der Waals surface area contributed by atoms with Gasteiger partial charge in [-0.1, -0.05) is 7.60 Å². The minimum atomic E-state index is -4.72. The van der Waals surface area contributed by atoms with E-state index >= 15 is 0 Å². The first-order chi connectivity index (χ1) is 9.80. The Labute approximate surface area is 174 Å². The van der Waals surface area contributed by atoms with E-state index in [1.54, 1.807) is 0 Å².